The Balaban J connectivity index is 1.59. The van der Waals surface area contributed by atoms with Crippen LogP contribution < -0.4 is 10.8 Å². The maximum atomic E-state index is 11.4. The summed E-state index contributed by atoms with van der Waals surface area (Å²) < 4.78 is 4.66. The summed E-state index contributed by atoms with van der Waals surface area (Å²) in [6, 6.07) is 0. The summed E-state index contributed by atoms with van der Waals surface area (Å²) in [6.07, 6.45) is -0.0194. The van der Waals surface area contributed by atoms with Gasteiger partial charge in [0.1, 0.15) is 0 Å². The molecule has 100 valence electrons. The van der Waals surface area contributed by atoms with Crippen LogP contribution in [0.2, 0.25) is 0 Å². The SMILES string of the molecule is O=C1NC[C@@H](C(=O)NOCCN2CCCC2=O)O1. The maximum absolute atomic E-state index is 11.4. The fourth-order valence-electron chi connectivity index (χ4n) is 1.82. The highest BCUT2D eigenvalue weighted by Crippen LogP contribution is 2.08. The van der Waals surface area contributed by atoms with Gasteiger partial charge in [-0.05, 0) is 6.42 Å². The molecule has 2 heterocycles. The molecule has 0 saturated carbocycles. The van der Waals surface area contributed by atoms with Crippen LogP contribution in [0.25, 0.3) is 0 Å². The van der Waals surface area contributed by atoms with Crippen LogP contribution in [0.5, 0.6) is 0 Å². The highest BCUT2D eigenvalue weighted by molar-refractivity contribution is 5.85. The van der Waals surface area contributed by atoms with Crippen molar-refractivity contribution < 1.29 is 24.0 Å². The Labute approximate surface area is 104 Å². The number of ether oxygens (including phenoxy) is 1. The van der Waals surface area contributed by atoms with Crippen molar-refractivity contribution in [3.05, 3.63) is 0 Å². The number of cyclic esters (lactones) is 1. The van der Waals surface area contributed by atoms with E-state index in [9.17, 15) is 14.4 Å². The Hall–Kier alpha value is -1.83. The molecule has 2 aliphatic heterocycles. The predicted molar refractivity (Wildman–Crippen MR) is 58.2 cm³/mol. The van der Waals surface area contributed by atoms with E-state index in [2.05, 4.69) is 15.5 Å². The third kappa shape index (κ3) is 3.10. The van der Waals surface area contributed by atoms with Crippen LogP contribution in [-0.4, -0.2) is 55.2 Å². The summed E-state index contributed by atoms with van der Waals surface area (Å²) in [5.74, 6) is -0.403. The average molecular weight is 257 g/mol. The van der Waals surface area contributed by atoms with E-state index in [0.717, 1.165) is 13.0 Å². The standard InChI is InChI=1S/C10H15N3O5/c14-8-2-1-3-13(8)4-5-17-12-9(15)7-6-11-10(16)18-7/h7H,1-6H2,(H,11,16)(H,12,15)/t7-/m0/s1. The van der Waals surface area contributed by atoms with Gasteiger partial charge in [-0.15, -0.1) is 0 Å². The molecule has 0 aromatic rings. The Bertz CT molecular complexity index is 359. The topological polar surface area (TPSA) is 97.0 Å². The molecule has 1 atom stereocenters. The molecule has 2 rings (SSSR count). The Morgan fingerprint density at radius 2 is 2.39 bits per heavy atom. The summed E-state index contributed by atoms with van der Waals surface area (Å²) in [7, 11) is 0. The monoisotopic (exact) mass is 257 g/mol. The smallest absolute Gasteiger partial charge is 0.408 e. The molecular formula is C10H15N3O5. The number of rotatable bonds is 5. The number of likely N-dealkylation sites (tertiary alicyclic amines) is 1. The number of amides is 3. The van der Waals surface area contributed by atoms with Gasteiger partial charge in [0, 0.05) is 19.5 Å². The van der Waals surface area contributed by atoms with Crippen LogP contribution in [0.3, 0.4) is 0 Å². The van der Waals surface area contributed by atoms with Gasteiger partial charge in [0.2, 0.25) is 12.0 Å². The first-order valence-electron chi connectivity index (χ1n) is 5.81. The zero-order valence-electron chi connectivity index (χ0n) is 9.81. The zero-order valence-corrected chi connectivity index (χ0v) is 9.81. The van der Waals surface area contributed by atoms with Gasteiger partial charge >= 0.3 is 6.09 Å². The van der Waals surface area contributed by atoms with Crippen molar-refractivity contribution in [1.29, 1.82) is 0 Å². The van der Waals surface area contributed by atoms with E-state index in [4.69, 9.17) is 4.84 Å². The van der Waals surface area contributed by atoms with Crippen molar-refractivity contribution in [3.8, 4) is 0 Å². The molecule has 0 spiro atoms. The fourth-order valence-corrected chi connectivity index (χ4v) is 1.82. The number of nitrogens with one attached hydrogen (secondary N) is 2. The van der Waals surface area contributed by atoms with Crippen LogP contribution in [-0.2, 0) is 19.2 Å². The number of hydrogen-bond donors (Lipinski definition) is 2. The lowest BCUT2D eigenvalue weighted by Gasteiger charge is -2.15. The molecule has 2 aliphatic rings. The average Bonchev–Trinajstić information content (AvgIpc) is 2.94. The molecule has 0 aliphatic carbocycles. The van der Waals surface area contributed by atoms with Gasteiger partial charge in [-0.1, -0.05) is 0 Å². The van der Waals surface area contributed by atoms with Crippen molar-refractivity contribution in [3.63, 3.8) is 0 Å². The van der Waals surface area contributed by atoms with Crippen molar-refractivity contribution in [1.82, 2.24) is 15.7 Å². The highest BCUT2D eigenvalue weighted by atomic mass is 16.7. The van der Waals surface area contributed by atoms with E-state index < -0.39 is 18.1 Å². The summed E-state index contributed by atoms with van der Waals surface area (Å²) in [5.41, 5.74) is 2.19. The molecule has 3 amide bonds. The molecular weight excluding hydrogens is 242 g/mol. The molecule has 0 aromatic carbocycles. The molecule has 0 radical (unpaired) electrons. The summed E-state index contributed by atoms with van der Waals surface area (Å²) in [4.78, 5) is 40.0. The van der Waals surface area contributed by atoms with Gasteiger partial charge in [-0.25, -0.2) is 10.3 Å². The van der Waals surface area contributed by atoms with Crippen molar-refractivity contribution in [2.45, 2.75) is 18.9 Å². The van der Waals surface area contributed by atoms with Gasteiger partial charge < -0.3 is 15.0 Å². The van der Waals surface area contributed by atoms with Gasteiger partial charge in [0.25, 0.3) is 5.91 Å². The molecule has 18 heavy (non-hydrogen) atoms. The lowest BCUT2D eigenvalue weighted by molar-refractivity contribution is -0.141. The minimum atomic E-state index is -0.856. The summed E-state index contributed by atoms with van der Waals surface area (Å²) >= 11 is 0. The van der Waals surface area contributed by atoms with Gasteiger partial charge in [0.15, 0.2) is 0 Å². The zero-order chi connectivity index (χ0) is 13.0. The van der Waals surface area contributed by atoms with Crippen molar-refractivity contribution in [2.24, 2.45) is 0 Å². The van der Waals surface area contributed by atoms with Crippen LogP contribution in [0.15, 0.2) is 0 Å². The molecule has 0 unspecified atom stereocenters. The number of carbonyl (C=O) groups is 3. The van der Waals surface area contributed by atoms with Gasteiger partial charge in [-0.2, -0.15) is 0 Å². The molecule has 2 N–H and O–H groups in total. The van der Waals surface area contributed by atoms with E-state index in [1.807, 2.05) is 0 Å². The van der Waals surface area contributed by atoms with E-state index in [1.54, 1.807) is 4.90 Å². The Kier molecular flexibility index (Phi) is 3.98. The maximum Gasteiger partial charge on any atom is 0.408 e. The van der Waals surface area contributed by atoms with Crippen molar-refractivity contribution in [2.75, 3.05) is 26.2 Å². The van der Waals surface area contributed by atoms with E-state index in [1.165, 1.54) is 0 Å². The second kappa shape index (κ2) is 5.67. The normalized spacial score (nSPS) is 22.9. The van der Waals surface area contributed by atoms with Crippen LogP contribution in [0, 0.1) is 0 Å². The first-order valence-corrected chi connectivity index (χ1v) is 5.81. The molecule has 0 aromatic heterocycles. The minimum absolute atomic E-state index is 0.110. The Morgan fingerprint density at radius 3 is 3.00 bits per heavy atom. The van der Waals surface area contributed by atoms with E-state index >= 15 is 0 Å². The number of nitrogens with zero attached hydrogens (tertiary/aromatic N) is 1. The van der Waals surface area contributed by atoms with Crippen molar-refractivity contribution >= 4 is 17.9 Å². The second-order valence-corrected chi connectivity index (χ2v) is 4.07. The first-order chi connectivity index (χ1) is 8.66. The summed E-state index contributed by atoms with van der Waals surface area (Å²) in [6.45, 7) is 1.53. The van der Waals surface area contributed by atoms with Crippen LogP contribution >= 0.6 is 0 Å². The highest BCUT2D eigenvalue weighted by Gasteiger charge is 2.29. The minimum Gasteiger partial charge on any atom is -0.434 e. The largest absolute Gasteiger partial charge is 0.434 e. The summed E-state index contributed by atoms with van der Waals surface area (Å²) in [5, 5.41) is 2.36. The van der Waals surface area contributed by atoms with E-state index in [-0.39, 0.29) is 19.1 Å². The van der Waals surface area contributed by atoms with Gasteiger partial charge in [-0.3, -0.25) is 14.4 Å². The Morgan fingerprint density at radius 1 is 1.56 bits per heavy atom. The number of hydroxylamine groups is 1. The van der Waals surface area contributed by atoms with Crippen LogP contribution in [0.1, 0.15) is 12.8 Å². The molecule has 2 saturated heterocycles. The third-order valence-electron chi connectivity index (χ3n) is 2.78. The first kappa shape index (κ1) is 12.6. The number of alkyl carbamates (subject to hydrolysis) is 1. The lowest BCUT2D eigenvalue weighted by Crippen LogP contribution is -2.38. The number of carbonyl (C=O) groups excluding carboxylic acids is 3. The molecule has 2 fully saturated rings. The predicted octanol–water partition coefficient (Wildman–Crippen LogP) is -1.23. The van der Waals surface area contributed by atoms with E-state index in [0.29, 0.717) is 13.0 Å². The third-order valence-corrected chi connectivity index (χ3v) is 2.78. The number of hydrogen-bond acceptors (Lipinski definition) is 5. The molecule has 8 nitrogen and oxygen atoms in total. The molecule has 0 bridgehead atoms. The fraction of sp³-hybridized carbons (Fsp3) is 0.700. The molecule has 8 heteroatoms. The quantitative estimate of drug-likeness (QED) is 0.474. The van der Waals surface area contributed by atoms with Crippen LogP contribution in [0.4, 0.5) is 4.79 Å². The lowest BCUT2D eigenvalue weighted by atomic mass is 10.3. The van der Waals surface area contributed by atoms with Gasteiger partial charge in [0.05, 0.1) is 13.2 Å². The second-order valence-electron chi connectivity index (χ2n) is 4.07.